The Balaban J connectivity index is 1.19. The Morgan fingerprint density at radius 2 is 1.41 bits per heavy atom. The molecule has 0 unspecified atom stereocenters. The largest absolute Gasteiger partial charge is 0.480 e. The molecule has 1 saturated heterocycles. The quantitative estimate of drug-likeness (QED) is 0.154. The van der Waals surface area contributed by atoms with Gasteiger partial charge in [0.2, 0.25) is 23.6 Å². The lowest BCUT2D eigenvalue weighted by Gasteiger charge is -2.36. The first-order valence-electron chi connectivity index (χ1n) is 16.1. The fourth-order valence-electron chi connectivity index (χ4n) is 6.12. The van der Waals surface area contributed by atoms with Gasteiger partial charge < -0.3 is 30.7 Å². The third-order valence-electron chi connectivity index (χ3n) is 8.72. The molecule has 3 heterocycles. The van der Waals surface area contributed by atoms with Crippen LogP contribution in [0.15, 0.2) is 48.8 Å². The number of rotatable bonds is 13. The van der Waals surface area contributed by atoms with Gasteiger partial charge >= 0.3 is 0 Å². The van der Waals surface area contributed by atoms with Gasteiger partial charge in [0.25, 0.3) is 0 Å². The van der Waals surface area contributed by atoms with Crippen molar-refractivity contribution in [3.8, 4) is 45.4 Å². The number of ether oxygens (including phenoxy) is 2. The predicted octanol–water partition coefficient (Wildman–Crippen LogP) is 4.72. The Morgan fingerprint density at radius 1 is 0.857 bits per heavy atom. The van der Waals surface area contributed by atoms with Crippen LogP contribution in [0, 0.1) is 0 Å². The molecule has 0 radical (unpaired) electrons. The predicted molar refractivity (Wildman–Crippen MR) is 187 cm³/mol. The third-order valence-corrected chi connectivity index (χ3v) is 9.54. The molecular formula is C35H38Cl2N8O4. The Hall–Kier alpha value is -4.36. The van der Waals surface area contributed by atoms with Crippen LogP contribution in [-0.2, 0) is 22.7 Å². The maximum Gasteiger partial charge on any atom is 0.237 e. The first kappa shape index (κ1) is 34.5. The smallest absolute Gasteiger partial charge is 0.237 e. The van der Waals surface area contributed by atoms with Crippen molar-refractivity contribution in [1.29, 1.82) is 0 Å². The average molecular weight is 706 g/mol. The number of hydrogen-bond acceptors (Lipinski definition) is 10. The normalized spacial score (nSPS) is 18.5. The highest BCUT2D eigenvalue weighted by Gasteiger charge is 2.29. The number of nitrogens with one attached hydrogen (secondary N) is 4. The summed E-state index contributed by atoms with van der Waals surface area (Å²) in [5.74, 6) is 0.857. The first-order chi connectivity index (χ1) is 23.7. The van der Waals surface area contributed by atoms with E-state index in [9.17, 15) is 9.59 Å². The number of amides is 2. The molecule has 2 aromatic heterocycles. The van der Waals surface area contributed by atoms with Crippen LogP contribution in [0.2, 0.25) is 10.0 Å². The van der Waals surface area contributed by atoms with E-state index in [2.05, 4.69) is 31.2 Å². The zero-order valence-electron chi connectivity index (χ0n) is 27.5. The fourth-order valence-corrected chi connectivity index (χ4v) is 6.77. The van der Waals surface area contributed by atoms with Crippen LogP contribution in [0.3, 0.4) is 0 Å². The Kier molecular flexibility index (Phi) is 10.9. The van der Waals surface area contributed by atoms with Crippen molar-refractivity contribution in [2.24, 2.45) is 0 Å². The molecule has 14 heteroatoms. The van der Waals surface area contributed by atoms with Crippen molar-refractivity contribution in [2.45, 2.75) is 63.8 Å². The maximum absolute atomic E-state index is 11.5. The second-order valence-corrected chi connectivity index (χ2v) is 12.9. The molecular weight excluding hydrogens is 667 g/mol. The van der Waals surface area contributed by atoms with E-state index in [1.807, 2.05) is 36.4 Å². The van der Waals surface area contributed by atoms with Crippen molar-refractivity contribution in [2.75, 3.05) is 20.8 Å². The monoisotopic (exact) mass is 704 g/mol. The van der Waals surface area contributed by atoms with Crippen LogP contribution in [0.1, 0.15) is 44.0 Å². The lowest BCUT2D eigenvalue weighted by Crippen LogP contribution is -2.51. The Labute approximate surface area is 294 Å². The van der Waals surface area contributed by atoms with E-state index in [0.29, 0.717) is 81.8 Å². The van der Waals surface area contributed by atoms with Gasteiger partial charge in [-0.25, -0.2) is 9.97 Å². The lowest BCUT2D eigenvalue weighted by molar-refractivity contribution is -0.120. The van der Waals surface area contributed by atoms with E-state index in [0.717, 1.165) is 30.4 Å². The molecule has 2 aliphatic rings. The zero-order valence-corrected chi connectivity index (χ0v) is 29.0. The van der Waals surface area contributed by atoms with Crippen LogP contribution < -0.4 is 30.7 Å². The molecule has 2 aromatic carbocycles. The summed E-state index contributed by atoms with van der Waals surface area (Å²) in [6.07, 6.45) is 6.46. The second kappa shape index (κ2) is 15.5. The number of nitrogens with zero attached hydrogens (tertiary/aromatic N) is 4. The second-order valence-electron chi connectivity index (χ2n) is 12.1. The highest BCUT2D eigenvalue weighted by atomic mass is 35.5. The van der Waals surface area contributed by atoms with Gasteiger partial charge in [-0.3, -0.25) is 19.6 Å². The van der Waals surface area contributed by atoms with Crippen molar-refractivity contribution in [1.82, 2.24) is 41.2 Å². The van der Waals surface area contributed by atoms with Gasteiger partial charge in [0.05, 0.1) is 48.0 Å². The summed E-state index contributed by atoms with van der Waals surface area (Å²) in [5, 5.41) is 13.6. The van der Waals surface area contributed by atoms with Crippen LogP contribution in [0.5, 0.6) is 11.8 Å². The molecule has 256 valence electrons. The van der Waals surface area contributed by atoms with E-state index in [1.54, 1.807) is 26.6 Å². The molecule has 1 atom stereocenters. The van der Waals surface area contributed by atoms with Crippen LogP contribution in [-0.4, -0.2) is 70.6 Å². The van der Waals surface area contributed by atoms with Crippen LogP contribution in [0.25, 0.3) is 33.6 Å². The minimum Gasteiger partial charge on any atom is -0.480 e. The maximum atomic E-state index is 11.5. The summed E-state index contributed by atoms with van der Waals surface area (Å²) in [7, 11) is 3.12. The van der Waals surface area contributed by atoms with E-state index >= 15 is 0 Å². The van der Waals surface area contributed by atoms with Gasteiger partial charge in [0.15, 0.2) is 0 Å². The molecule has 4 aromatic rings. The van der Waals surface area contributed by atoms with E-state index in [4.69, 9.17) is 42.6 Å². The topological polar surface area (TPSA) is 152 Å². The molecule has 49 heavy (non-hydrogen) atoms. The van der Waals surface area contributed by atoms with Gasteiger partial charge in [0, 0.05) is 73.4 Å². The van der Waals surface area contributed by atoms with Crippen molar-refractivity contribution >= 4 is 35.0 Å². The van der Waals surface area contributed by atoms with Gasteiger partial charge in [-0.05, 0) is 19.3 Å². The van der Waals surface area contributed by atoms with E-state index in [-0.39, 0.29) is 29.9 Å². The summed E-state index contributed by atoms with van der Waals surface area (Å²) in [5.41, 5.74) is 5.23. The molecule has 4 N–H and O–H groups in total. The van der Waals surface area contributed by atoms with Crippen LogP contribution in [0.4, 0.5) is 0 Å². The fraction of sp³-hybridized carbons (Fsp3) is 0.371. The molecule has 2 fully saturated rings. The van der Waals surface area contributed by atoms with Crippen molar-refractivity contribution in [3.63, 3.8) is 0 Å². The summed E-state index contributed by atoms with van der Waals surface area (Å²) in [6.45, 7) is 3.08. The van der Waals surface area contributed by atoms with Gasteiger partial charge in [-0.2, -0.15) is 0 Å². The van der Waals surface area contributed by atoms with Gasteiger partial charge in [-0.15, -0.1) is 0 Å². The highest BCUT2D eigenvalue weighted by Crippen LogP contribution is 2.42. The minimum atomic E-state index is -0.0114. The van der Waals surface area contributed by atoms with Crippen molar-refractivity contribution in [3.05, 3.63) is 70.2 Å². The molecule has 12 nitrogen and oxygen atoms in total. The molecule has 0 spiro atoms. The molecule has 2 amide bonds. The summed E-state index contributed by atoms with van der Waals surface area (Å²) < 4.78 is 11.2. The number of aromatic nitrogens is 4. The summed E-state index contributed by atoms with van der Waals surface area (Å²) in [6, 6.07) is 12.0. The number of carbonyl (C=O) groups is 2. The number of halogens is 2. The van der Waals surface area contributed by atoms with Crippen LogP contribution >= 0.6 is 23.2 Å². The molecule has 1 aliphatic carbocycles. The minimum absolute atomic E-state index is 0.0114. The summed E-state index contributed by atoms with van der Waals surface area (Å²) >= 11 is 14.1. The Bertz CT molecular complexity index is 1850. The summed E-state index contributed by atoms with van der Waals surface area (Å²) in [4.78, 5) is 41.5. The van der Waals surface area contributed by atoms with Gasteiger partial charge in [0.1, 0.15) is 11.4 Å². The zero-order chi connectivity index (χ0) is 34.5. The molecule has 1 aliphatic heterocycles. The number of benzene rings is 2. The SMILES string of the molecule is COc1nc(-c2cccc(-c3cccc(-c4cnc(CNC5CC(NC(C)=O)C5)c(OC)n4)c3Cl)c2Cl)cnc1CNC[C@@H]1CCC(=O)N1. The molecule has 6 rings (SSSR count). The third kappa shape index (κ3) is 7.94. The Morgan fingerprint density at radius 3 is 1.92 bits per heavy atom. The molecule has 1 saturated carbocycles. The van der Waals surface area contributed by atoms with E-state index in [1.165, 1.54) is 6.92 Å². The number of carbonyl (C=O) groups excluding carboxylic acids is 2. The number of methoxy groups -OCH3 is 2. The van der Waals surface area contributed by atoms with Gasteiger partial charge in [-0.1, -0.05) is 59.6 Å². The highest BCUT2D eigenvalue weighted by molar-refractivity contribution is 6.39. The number of hydrogen-bond donors (Lipinski definition) is 4. The van der Waals surface area contributed by atoms with E-state index < -0.39 is 0 Å². The lowest BCUT2D eigenvalue weighted by atomic mass is 9.86. The first-order valence-corrected chi connectivity index (χ1v) is 16.9. The van der Waals surface area contributed by atoms with Crippen molar-refractivity contribution < 1.29 is 19.1 Å². The standard InChI is InChI=1S/C35H38Cl2N8O4/c1-19(46)42-22-12-21(13-22)39-18-30-35(49-3)45-28(17-41-30)26-9-5-7-24(33(26)37)23-6-4-8-25(32(23)36)27-16-40-29(34(44-27)48-2)15-38-14-20-10-11-31(47)43-20/h4-9,16-17,20-22,38-39H,10-15,18H2,1-3H3,(H,42,46)(H,43,47)/t20-,21?,22?/m0/s1. The molecule has 0 bridgehead atoms. The average Bonchev–Trinajstić information content (AvgIpc) is 3.50.